The molecule has 2 aromatic rings. The van der Waals surface area contributed by atoms with Gasteiger partial charge < -0.3 is 5.32 Å². The Bertz CT molecular complexity index is 607. The van der Waals surface area contributed by atoms with Crippen molar-refractivity contribution in [2.45, 2.75) is 0 Å². The van der Waals surface area contributed by atoms with Crippen LogP contribution in [0.25, 0.3) is 5.69 Å². The van der Waals surface area contributed by atoms with Gasteiger partial charge in [0.25, 0.3) is 5.91 Å². The van der Waals surface area contributed by atoms with Gasteiger partial charge in [0, 0.05) is 23.3 Å². The fourth-order valence-electron chi connectivity index (χ4n) is 1.49. The Morgan fingerprint density at radius 3 is 2.83 bits per heavy atom. The van der Waals surface area contributed by atoms with Gasteiger partial charge in [-0.05, 0) is 40.2 Å². The Labute approximate surface area is 112 Å². The molecule has 0 saturated carbocycles. The third kappa shape index (κ3) is 2.33. The van der Waals surface area contributed by atoms with Gasteiger partial charge in [0.05, 0.1) is 5.69 Å². The SMILES string of the molecule is CNC(=O)c1ccn(-c2ccc(C=O)cc2Br)n1. The van der Waals surface area contributed by atoms with Gasteiger partial charge in [-0.1, -0.05) is 0 Å². The first-order chi connectivity index (χ1) is 8.65. The minimum Gasteiger partial charge on any atom is -0.354 e. The van der Waals surface area contributed by atoms with Crippen molar-refractivity contribution in [2.24, 2.45) is 0 Å². The molecule has 1 amide bonds. The quantitative estimate of drug-likeness (QED) is 0.880. The molecule has 0 unspecified atom stereocenters. The summed E-state index contributed by atoms with van der Waals surface area (Å²) < 4.78 is 2.31. The Morgan fingerprint density at radius 1 is 1.44 bits per heavy atom. The predicted molar refractivity (Wildman–Crippen MR) is 70.0 cm³/mol. The Kier molecular flexibility index (Phi) is 3.57. The van der Waals surface area contributed by atoms with Crippen molar-refractivity contribution in [3.05, 3.63) is 46.2 Å². The first-order valence-corrected chi connectivity index (χ1v) is 5.98. The Balaban J connectivity index is 2.40. The number of amides is 1. The van der Waals surface area contributed by atoms with E-state index in [0.29, 0.717) is 11.3 Å². The fourth-order valence-corrected chi connectivity index (χ4v) is 2.07. The van der Waals surface area contributed by atoms with Crippen molar-refractivity contribution in [1.29, 1.82) is 0 Å². The Morgan fingerprint density at radius 2 is 2.22 bits per heavy atom. The second-order valence-corrected chi connectivity index (χ2v) is 4.41. The molecule has 92 valence electrons. The van der Waals surface area contributed by atoms with Crippen LogP contribution in [-0.4, -0.2) is 29.0 Å². The molecular weight excluding hydrogens is 298 g/mol. The van der Waals surface area contributed by atoms with Gasteiger partial charge in [-0.25, -0.2) is 4.68 Å². The number of hydrogen-bond donors (Lipinski definition) is 1. The number of hydrogen-bond acceptors (Lipinski definition) is 3. The molecule has 5 nitrogen and oxygen atoms in total. The van der Waals surface area contributed by atoms with E-state index in [1.807, 2.05) is 0 Å². The van der Waals surface area contributed by atoms with Gasteiger partial charge >= 0.3 is 0 Å². The van der Waals surface area contributed by atoms with E-state index in [1.54, 1.807) is 42.2 Å². The van der Waals surface area contributed by atoms with Crippen LogP contribution in [0.5, 0.6) is 0 Å². The maximum absolute atomic E-state index is 11.4. The van der Waals surface area contributed by atoms with E-state index >= 15 is 0 Å². The fraction of sp³-hybridized carbons (Fsp3) is 0.0833. The van der Waals surface area contributed by atoms with Gasteiger partial charge in [0.2, 0.25) is 0 Å². The Hall–Kier alpha value is -1.95. The summed E-state index contributed by atoms with van der Waals surface area (Å²) in [6.07, 6.45) is 2.46. The summed E-state index contributed by atoms with van der Waals surface area (Å²) in [5.74, 6) is -0.241. The predicted octanol–water partition coefficient (Wildman–Crippen LogP) is 1.81. The number of aromatic nitrogens is 2. The number of rotatable bonds is 3. The summed E-state index contributed by atoms with van der Waals surface area (Å²) in [7, 11) is 1.55. The van der Waals surface area contributed by atoms with Crippen molar-refractivity contribution in [1.82, 2.24) is 15.1 Å². The number of benzene rings is 1. The van der Waals surface area contributed by atoms with E-state index in [0.717, 1.165) is 16.4 Å². The summed E-state index contributed by atoms with van der Waals surface area (Å²) >= 11 is 3.37. The zero-order valence-electron chi connectivity index (χ0n) is 9.55. The second-order valence-electron chi connectivity index (χ2n) is 3.55. The number of nitrogens with one attached hydrogen (secondary N) is 1. The second kappa shape index (κ2) is 5.14. The van der Waals surface area contributed by atoms with Gasteiger partial charge in [0.15, 0.2) is 5.69 Å². The highest BCUT2D eigenvalue weighted by atomic mass is 79.9. The largest absolute Gasteiger partial charge is 0.354 e. The number of carbonyl (C=O) groups excluding carboxylic acids is 2. The van der Waals surface area contributed by atoms with Crippen LogP contribution in [0.1, 0.15) is 20.8 Å². The molecule has 0 fully saturated rings. The van der Waals surface area contributed by atoms with Crippen molar-refractivity contribution < 1.29 is 9.59 Å². The molecule has 6 heteroatoms. The highest BCUT2D eigenvalue weighted by Crippen LogP contribution is 2.21. The van der Waals surface area contributed by atoms with Crippen LogP contribution < -0.4 is 5.32 Å². The highest BCUT2D eigenvalue weighted by Gasteiger charge is 2.10. The topological polar surface area (TPSA) is 64.0 Å². The minimum atomic E-state index is -0.241. The van der Waals surface area contributed by atoms with Crippen molar-refractivity contribution in [3.63, 3.8) is 0 Å². The maximum atomic E-state index is 11.4. The van der Waals surface area contributed by atoms with E-state index in [1.165, 1.54) is 0 Å². The average Bonchev–Trinajstić information content (AvgIpc) is 2.87. The van der Waals surface area contributed by atoms with Gasteiger partial charge in [-0.3, -0.25) is 9.59 Å². The summed E-state index contributed by atoms with van der Waals surface area (Å²) in [5.41, 5.74) is 1.67. The molecule has 0 radical (unpaired) electrons. The summed E-state index contributed by atoms with van der Waals surface area (Å²) in [6.45, 7) is 0. The molecule has 1 aromatic carbocycles. The van der Waals surface area contributed by atoms with Gasteiger partial charge in [0.1, 0.15) is 6.29 Å². The molecule has 0 aliphatic heterocycles. The molecule has 1 aromatic heterocycles. The molecule has 1 heterocycles. The lowest BCUT2D eigenvalue weighted by Gasteiger charge is -2.04. The van der Waals surface area contributed by atoms with Crippen LogP contribution in [0.4, 0.5) is 0 Å². The monoisotopic (exact) mass is 307 g/mol. The standard InChI is InChI=1S/C12H10BrN3O2/c1-14-12(18)10-4-5-16(15-10)11-3-2-8(7-17)6-9(11)13/h2-7H,1H3,(H,14,18). The van der Waals surface area contributed by atoms with E-state index in [-0.39, 0.29) is 5.91 Å². The number of carbonyl (C=O) groups is 2. The van der Waals surface area contributed by atoms with E-state index in [4.69, 9.17) is 0 Å². The normalized spacial score (nSPS) is 10.1. The van der Waals surface area contributed by atoms with Crippen molar-refractivity contribution >= 4 is 28.1 Å². The van der Waals surface area contributed by atoms with Crippen LogP contribution in [0, 0.1) is 0 Å². The first-order valence-electron chi connectivity index (χ1n) is 5.18. The maximum Gasteiger partial charge on any atom is 0.271 e. The first kappa shape index (κ1) is 12.5. The van der Waals surface area contributed by atoms with Crippen LogP contribution in [0.15, 0.2) is 34.9 Å². The number of halogens is 1. The van der Waals surface area contributed by atoms with Crippen LogP contribution in [0.3, 0.4) is 0 Å². The smallest absolute Gasteiger partial charge is 0.271 e. The minimum absolute atomic E-state index is 0.241. The number of nitrogens with zero attached hydrogens (tertiary/aromatic N) is 2. The zero-order valence-corrected chi connectivity index (χ0v) is 11.1. The third-order valence-corrected chi connectivity index (χ3v) is 3.04. The molecular formula is C12H10BrN3O2. The molecule has 18 heavy (non-hydrogen) atoms. The van der Waals surface area contributed by atoms with Gasteiger partial charge in [-0.15, -0.1) is 0 Å². The zero-order chi connectivity index (χ0) is 13.1. The molecule has 2 rings (SSSR count). The van der Waals surface area contributed by atoms with Gasteiger partial charge in [-0.2, -0.15) is 5.10 Å². The molecule has 0 saturated heterocycles. The van der Waals surface area contributed by atoms with E-state index in [9.17, 15) is 9.59 Å². The average molecular weight is 308 g/mol. The lowest BCUT2D eigenvalue weighted by Crippen LogP contribution is -2.18. The summed E-state index contributed by atoms with van der Waals surface area (Å²) in [6, 6.07) is 6.77. The number of aldehydes is 1. The molecule has 0 bridgehead atoms. The highest BCUT2D eigenvalue weighted by molar-refractivity contribution is 9.10. The summed E-state index contributed by atoms with van der Waals surface area (Å²) in [5, 5.41) is 6.66. The molecule has 0 atom stereocenters. The van der Waals surface area contributed by atoms with Crippen LogP contribution >= 0.6 is 15.9 Å². The van der Waals surface area contributed by atoms with Crippen molar-refractivity contribution in [2.75, 3.05) is 7.05 Å². The van der Waals surface area contributed by atoms with E-state index < -0.39 is 0 Å². The third-order valence-electron chi connectivity index (χ3n) is 2.40. The molecule has 0 aliphatic carbocycles. The molecule has 0 aliphatic rings. The molecule has 1 N–H and O–H groups in total. The van der Waals surface area contributed by atoms with Crippen LogP contribution in [0.2, 0.25) is 0 Å². The lowest BCUT2D eigenvalue weighted by atomic mass is 10.2. The summed E-state index contributed by atoms with van der Waals surface area (Å²) in [4.78, 5) is 22.0. The van der Waals surface area contributed by atoms with Crippen molar-refractivity contribution in [3.8, 4) is 5.69 Å². The van der Waals surface area contributed by atoms with Crippen LogP contribution in [-0.2, 0) is 0 Å². The lowest BCUT2D eigenvalue weighted by molar-refractivity contribution is 0.0957. The van der Waals surface area contributed by atoms with E-state index in [2.05, 4.69) is 26.3 Å². The molecule has 0 spiro atoms.